The highest BCUT2D eigenvalue weighted by atomic mass is 35.5. The van der Waals surface area contributed by atoms with E-state index in [-0.39, 0.29) is 5.82 Å². The molecular weight excluding hydrogens is 401 g/mol. The molecule has 0 atom stereocenters. The van der Waals surface area contributed by atoms with Crippen molar-refractivity contribution in [1.82, 2.24) is 9.97 Å². The van der Waals surface area contributed by atoms with E-state index in [4.69, 9.17) is 17.3 Å². The summed E-state index contributed by atoms with van der Waals surface area (Å²) in [5, 5.41) is 7.41. The molecule has 30 heavy (non-hydrogen) atoms. The zero-order valence-corrected chi connectivity index (χ0v) is 17.4. The Balaban J connectivity index is 1.47. The Morgan fingerprint density at radius 3 is 2.57 bits per heavy atom. The molecule has 1 aliphatic carbocycles. The average molecular weight is 426 g/mol. The number of rotatable bonds is 6. The fraction of sp³-hybridized carbons (Fsp3) is 0.304. The van der Waals surface area contributed by atoms with Crippen LogP contribution in [0.5, 0.6) is 0 Å². The second-order valence-electron chi connectivity index (χ2n) is 7.75. The van der Waals surface area contributed by atoms with Gasteiger partial charge in [-0.05, 0) is 55.5 Å². The highest BCUT2D eigenvalue weighted by molar-refractivity contribution is 6.33. The minimum Gasteiger partial charge on any atom is -0.380 e. The molecule has 0 aliphatic heterocycles. The van der Waals surface area contributed by atoms with Crippen LogP contribution in [-0.4, -0.2) is 22.1 Å². The van der Waals surface area contributed by atoms with E-state index in [2.05, 4.69) is 20.6 Å². The summed E-state index contributed by atoms with van der Waals surface area (Å²) in [5.41, 5.74) is 9.63. The van der Waals surface area contributed by atoms with Crippen molar-refractivity contribution in [2.45, 2.75) is 44.3 Å². The topological polar surface area (TPSA) is 75.9 Å². The van der Waals surface area contributed by atoms with Crippen LogP contribution in [0.3, 0.4) is 0 Å². The summed E-state index contributed by atoms with van der Waals surface area (Å²) >= 11 is 6.44. The smallest absolute Gasteiger partial charge is 0.126 e. The molecule has 0 amide bonds. The second kappa shape index (κ2) is 9.41. The number of hydrogen-bond acceptors (Lipinski definition) is 5. The molecule has 0 radical (unpaired) electrons. The third kappa shape index (κ3) is 5.26. The normalized spacial score (nSPS) is 18.8. The number of halogens is 2. The van der Waals surface area contributed by atoms with E-state index in [9.17, 15) is 4.39 Å². The van der Waals surface area contributed by atoms with Gasteiger partial charge in [-0.3, -0.25) is 4.98 Å². The zero-order valence-electron chi connectivity index (χ0n) is 16.6. The fourth-order valence-corrected chi connectivity index (χ4v) is 3.91. The first-order valence-corrected chi connectivity index (χ1v) is 10.6. The highest BCUT2D eigenvalue weighted by Gasteiger charge is 2.19. The molecule has 1 aromatic carbocycles. The van der Waals surface area contributed by atoms with Crippen LogP contribution in [0.25, 0.3) is 11.1 Å². The molecule has 1 saturated carbocycles. The second-order valence-corrected chi connectivity index (χ2v) is 8.15. The number of hydrogen-bond donors (Lipinski definition) is 3. The molecule has 7 heteroatoms. The molecule has 0 unspecified atom stereocenters. The third-order valence-corrected chi connectivity index (χ3v) is 5.74. The van der Waals surface area contributed by atoms with E-state index in [1.807, 2.05) is 12.1 Å². The van der Waals surface area contributed by atoms with E-state index in [0.29, 0.717) is 23.7 Å². The monoisotopic (exact) mass is 425 g/mol. The van der Waals surface area contributed by atoms with Gasteiger partial charge >= 0.3 is 0 Å². The number of benzene rings is 1. The largest absolute Gasteiger partial charge is 0.380 e. The van der Waals surface area contributed by atoms with Crippen LogP contribution in [0, 0.1) is 5.82 Å². The molecule has 0 spiro atoms. The molecular formula is C23H25ClFN5. The Morgan fingerprint density at radius 2 is 1.80 bits per heavy atom. The van der Waals surface area contributed by atoms with Gasteiger partial charge in [-0.15, -0.1) is 0 Å². The molecule has 1 aliphatic rings. The Labute approximate surface area is 180 Å². The van der Waals surface area contributed by atoms with Gasteiger partial charge in [-0.1, -0.05) is 23.7 Å². The van der Waals surface area contributed by atoms with Crippen LogP contribution < -0.4 is 16.4 Å². The van der Waals surface area contributed by atoms with Crippen LogP contribution in [-0.2, 0) is 6.54 Å². The van der Waals surface area contributed by atoms with Crippen molar-refractivity contribution in [3.05, 3.63) is 71.4 Å². The molecule has 0 saturated heterocycles. The summed E-state index contributed by atoms with van der Waals surface area (Å²) < 4.78 is 13.1. The highest BCUT2D eigenvalue weighted by Crippen LogP contribution is 2.31. The van der Waals surface area contributed by atoms with E-state index in [1.165, 1.54) is 12.1 Å². The minimum atomic E-state index is -0.241. The van der Waals surface area contributed by atoms with E-state index < -0.39 is 0 Å². The Hall–Kier alpha value is -2.70. The van der Waals surface area contributed by atoms with Crippen LogP contribution in [0.15, 0.2) is 55.0 Å². The molecule has 4 rings (SSSR count). The van der Waals surface area contributed by atoms with Gasteiger partial charge < -0.3 is 16.4 Å². The average Bonchev–Trinajstić information content (AvgIpc) is 2.76. The Morgan fingerprint density at radius 1 is 1.03 bits per heavy atom. The molecule has 1 fully saturated rings. The third-order valence-electron chi connectivity index (χ3n) is 5.44. The number of pyridine rings is 2. The first-order valence-electron chi connectivity index (χ1n) is 10.2. The van der Waals surface area contributed by atoms with Gasteiger partial charge in [0, 0.05) is 48.3 Å². The van der Waals surface area contributed by atoms with Crippen LogP contribution in [0.1, 0.15) is 31.2 Å². The quantitative estimate of drug-likeness (QED) is 0.504. The lowest BCUT2D eigenvalue weighted by molar-refractivity contribution is 0.410. The zero-order chi connectivity index (χ0) is 20.9. The lowest BCUT2D eigenvalue weighted by Crippen LogP contribution is -2.33. The maximum atomic E-state index is 13.1. The van der Waals surface area contributed by atoms with Crippen LogP contribution in [0.2, 0.25) is 5.02 Å². The standard InChI is InChI=1S/C23H25ClFN5/c24-22-14-29-23(30-19-7-5-18(26)6-8-19)10-21(22)16-9-20(13-27-12-16)28-11-15-1-3-17(25)4-2-15/h1-4,9-10,12-14,18-19,28H,5-8,11,26H2,(H,29,30)/t18-,19-. The minimum absolute atomic E-state index is 0.241. The van der Waals surface area contributed by atoms with Gasteiger partial charge in [0.25, 0.3) is 0 Å². The number of nitrogens with one attached hydrogen (secondary N) is 2. The number of aromatic nitrogens is 2. The molecule has 156 valence electrons. The first-order chi connectivity index (χ1) is 14.6. The molecule has 2 heterocycles. The van der Waals surface area contributed by atoms with Gasteiger partial charge in [-0.25, -0.2) is 9.37 Å². The number of anilines is 2. The van der Waals surface area contributed by atoms with Gasteiger partial charge in [0.2, 0.25) is 0 Å². The lowest BCUT2D eigenvalue weighted by atomic mass is 9.92. The first kappa shape index (κ1) is 20.6. The van der Waals surface area contributed by atoms with Gasteiger partial charge in [0.15, 0.2) is 0 Å². The van der Waals surface area contributed by atoms with Crippen molar-refractivity contribution in [2.24, 2.45) is 5.73 Å². The van der Waals surface area contributed by atoms with Crippen molar-refractivity contribution in [3.63, 3.8) is 0 Å². The van der Waals surface area contributed by atoms with Crippen molar-refractivity contribution < 1.29 is 4.39 Å². The lowest BCUT2D eigenvalue weighted by Gasteiger charge is -2.27. The number of nitrogens with zero attached hydrogens (tertiary/aromatic N) is 2. The SMILES string of the molecule is N[C@H]1CC[C@H](Nc2cc(-c3cncc(NCc4ccc(F)cc4)c3)c(Cl)cn2)CC1. The van der Waals surface area contributed by atoms with E-state index in [0.717, 1.165) is 53.9 Å². The fourth-order valence-electron chi connectivity index (χ4n) is 3.70. The van der Waals surface area contributed by atoms with E-state index >= 15 is 0 Å². The van der Waals surface area contributed by atoms with Gasteiger partial charge in [0.1, 0.15) is 11.6 Å². The summed E-state index contributed by atoms with van der Waals surface area (Å²) in [4.78, 5) is 8.79. The Bertz CT molecular complexity index is 987. The van der Waals surface area contributed by atoms with Crippen molar-refractivity contribution in [1.29, 1.82) is 0 Å². The maximum absolute atomic E-state index is 13.1. The predicted molar refractivity (Wildman–Crippen MR) is 120 cm³/mol. The van der Waals surface area contributed by atoms with Crippen molar-refractivity contribution in [2.75, 3.05) is 10.6 Å². The van der Waals surface area contributed by atoms with Gasteiger partial charge in [0.05, 0.1) is 10.7 Å². The van der Waals surface area contributed by atoms with Crippen LogP contribution >= 0.6 is 11.6 Å². The predicted octanol–water partition coefficient (Wildman–Crippen LogP) is 5.23. The molecule has 4 N–H and O–H groups in total. The summed E-state index contributed by atoms with van der Waals surface area (Å²) in [6.45, 7) is 0.576. The van der Waals surface area contributed by atoms with Crippen molar-refractivity contribution in [3.8, 4) is 11.1 Å². The molecule has 3 aromatic rings. The number of nitrogens with two attached hydrogens (primary N) is 1. The van der Waals surface area contributed by atoms with Gasteiger partial charge in [-0.2, -0.15) is 0 Å². The molecule has 5 nitrogen and oxygen atoms in total. The maximum Gasteiger partial charge on any atom is 0.126 e. The summed E-state index contributed by atoms with van der Waals surface area (Å²) in [5.74, 6) is 0.565. The molecule has 2 aromatic heterocycles. The van der Waals surface area contributed by atoms with E-state index in [1.54, 1.807) is 30.7 Å². The van der Waals surface area contributed by atoms with Crippen molar-refractivity contribution >= 4 is 23.1 Å². The summed E-state index contributed by atoms with van der Waals surface area (Å²) in [6.07, 6.45) is 9.37. The molecule has 0 bridgehead atoms. The Kier molecular flexibility index (Phi) is 6.45. The summed E-state index contributed by atoms with van der Waals surface area (Å²) in [6, 6.07) is 11.1. The van der Waals surface area contributed by atoms with Crippen LogP contribution in [0.4, 0.5) is 15.9 Å². The summed E-state index contributed by atoms with van der Waals surface area (Å²) in [7, 11) is 0.